The summed E-state index contributed by atoms with van der Waals surface area (Å²) in [5.41, 5.74) is 0.0156. The lowest BCUT2D eigenvalue weighted by Crippen LogP contribution is -2.35. The van der Waals surface area contributed by atoms with Gasteiger partial charge in [0.2, 0.25) is 10.0 Å². The predicted octanol–water partition coefficient (Wildman–Crippen LogP) is 1.81. The molecule has 0 saturated carbocycles. The number of nitrogens with zero attached hydrogens (tertiary/aromatic N) is 1. The number of hydrogen-bond donors (Lipinski definition) is 1. The molecular weight excluding hydrogens is 368 g/mol. The SMILES string of the molecule is CNS(=O)(=O)c1cc(C(=O)OCC(=O)N2CCCCCC2)ccc1Cl. The van der Waals surface area contributed by atoms with E-state index >= 15 is 0 Å². The fourth-order valence-electron chi connectivity index (χ4n) is 2.57. The molecule has 1 aliphatic heterocycles. The van der Waals surface area contributed by atoms with Crippen molar-refractivity contribution >= 4 is 33.5 Å². The summed E-state index contributed by atoms with van der Waals surface area (Å²) in [6, 6.07) is 3.79. The normalized spacial score (nSPS) is 15.5. The van der Waals surface area contributed by atoms with Crippen molar-refractivity contribution in [3.8, 4) is 0 Å². The smallest absolute Gasteiger partial charge is 0.338 e. The molecule has 9 heteroatoms. The summed E-state index contributed by atoms with van der Waals surface area (Å²) in [5, 5.41) is -0.00783. The third-order valence-corrected chi connectivity index (χ3v) is 5.91. The minimum Gasteiger partial charge on any atom is -0.452 e. The highest BCUT2D eigenvalue weighted by Crippen LogP contribution is 2.22. The highest BCUT2D eigenvalue weighted by atomic mass is 35.5. The van der Waals surface area contributed by atoms with Crippen LogP contribution >= 0.6 is 11.6 Å². The molecule has 25 heavy (non-hydrogen) atoms. The first-order valence-corrected chi connectivity index (χ1v) is 9.89. The van der Waals surface area contributed by atoms with Crippen molar-refractivity contribution in [3.63, 3.8) is 0 Å². The molecule has 1 amide bonds. The summed E-state index contributed by atoms with van der Waals surface area (Å²) in [7, 11) is -2.56. The number of hydrogen-bond acceptors (Lipinski definition) is 5. The molecule has 7 nitrogen and oxygen atoms in total. The van der Waals surface area contributed by atoms with Gasteiger partial charge in [0.15, 0.2) is 6.61 Å². The van der Waals surface area contributed by atoms with Gasteiger partial charge >= 0.3 is 5.97 Å². The summed E-state index contributed by atoms with van der Waals surface area (Å²) in [5.74, 6) is -1.01. The number of likely N-dealkylation sites (tertiary alicyclic amines) is 1. The lowest BCUT2D eigenvalue weighted by Gasteiger charge is -2.20. The van der Waals surface area contributed by atoms with E-state index in [0.29, 0.717) is 13.1 Å². The first-order valence-electron chi connectivity index (χ1n) is 8.03. The number of sulfonamides is 1. The average molecular weight is 389 g/mol. The Morgan fingerprint density at radius 1 is 1.20 bits per heavy atom. The molecule has 1 aromatic rings. The lowest BCUT2D eigenvalue weighted by atomic mass is 10.2. The zero-order chi connectivity index (χ0) is 18.4. The van der Waals surface area contributed by atoms with Crippen molar-refractivity contribution < 1.29 is 22.7 Å². The molecule has 0 spiro atoms. The summed E-state index contributed by atoms with van der Waals surface area (Å²) >= 11 is 5.88. The van der Waals surface area contributed by atoms with Crippen molar-refractivity contribution in [2.75, 3.05) is 26.7 Å². The van der Waals surface area contributed by atoms with Crippen LogP contribution in [0.15, 0.2) is 23.1 Å². The monoisotopic (exact) mass is 388 g/mol. The van der Waals surface area contributed by atoms with Crippen LogP contribution in [0.1, 0.15) is 36.0 Å². The van der Waals surface area contributed by atoms with Crippen LogP contribution in [-0.4, -0.2) is 51.9 Å². The van der Waals surface area contributed by atoms with Gasteiger partial charge in [-0.25, -0.2) is 17.9 Å². The van der Waals surface area contributed by atoms with E-state index in [1.54, 1.807) is 4.90 Å². The van der Waals surface area contributed by atoms with Gasteiger partial charge < -0.3 is 9.64 Å². The number of rotatable bonds is 5. The van der Waals surface area contributed by atoms with E-state index in [-0.39, 0.29) is 28.0 Å². The Labute approximate surface area is 152 Å². The number of nitrogens with one attached hydrogen (secondary N) is 1. The third-order valence-electron chi connectivity index (χ3n) is 4.01. The number of carbonyl (C=O) groups is 2. The van der Waals surface area contributed by atoms with Gasteiger partial charge in [-0.15, -0.1) is 0 Å². The quantitative estimate of drug-likeness (QED) is 0.776. The second-order valence-electron chi connectivity index (χ2n) is 5.72. The third kappa shape index (κ3) is 5.17. The van der Waals surface area contributed by atoms with Crippen LogP contribution in [0.5, 0.6) is 0 Å². The second kappa shape index (κ2) is 8.64. The van der Waals surface area contributed by atoms with Crippen LogP contribution in [0.4, 0.5) is 0 Å². The largest absolute Gasteiger partial charge is 0.452 e. The van der Waals surface area contributed by atoms with Gasteiger partial charge in [0, 0.05) is 13.1 Å². The fourth-order valence-corrected chi connectivity index (χ4v) is 3.82. The van der Waals surface area contributed by atoms with Crippen LogP contribution in [0, 0.1) is 0 Å². The molecule has 1 fully saturated rings. The molecule has 0 radical (unpaired) electrons. The predicted molar refractivity (Wildman–Crippen MR) is 93.0 cm³/mol. The van der Waals surface area contributed by atoms with Gasteiger partial charge in [0.1, 0.15) is 4.90 Å². The first kappa shape index (κ1) is 19.7. The first-order chi connectivity index (χ1) is 11.8. The maximum Gasteiger partial charge on any atom is 0.338 e. The Kier molecular flexibility index (Phi) is 6.80. The Morgan fingerprint density at radius 3 is 2.44 bits per heavy atom. The highest BCUT2D eigenvalue weighted by Gasteiger charge is 2.21. The molecule has 1 aliphatic rings. The molecule has 0 aliphatic carbocycles. The summed E-state index contributed by atoms with van der Waals surface area (Å²) < 4.78 is 31.0. The van der Waals surface area contributed by atoms with E-state index in [4.69, 9.17) is 16.3 Å². The van der Waals surface area contributed by atoms with Gasteiger partial charge in [-0.3, -0.25) is 4.79 Å². The van der Waals surface area contributed by atoms with Gasteiger partial charge in [-0.05, 0) is 38.1 Å². The number of carbonyl (C=O) groups excluding carboxylic acids is 2. The van der Waals surface area contributed by atoms with E-state index in [1.165, 1.54) is 19.2 Å². The number of amides is 1. The average Bonchev–Trinajstić information content (AvgIpc) is 2.89. The number of esters is 1. The van der Waals surface area contributed by atoms with Crippen LogP contribution in [0.3, 0.4) is 0 Å². The summed E-state index contributed by atoms with van der Waals surface area (Å²) in [4.78, 5) is 25.7. The highest BCUT2D eigenvalue weighted by molar-refractivity contribution is 7.89. The van der Waals surface area contributed by atoms with Crippen LogP contribution < -0.4 is 4.72 Å². The molecule has 0 aromatic heterocycles. The van der Waals surface area contributed by atoms with Crippen molar-refractivity contribution in [2.24, 2.45) is 0 Å². The fraction of sp³-hybridized carbons (Fsp3) is 0.500. The zero-order valence-corrected chi connectivity index (χ0v) is 15.5. The summed E-state index contributed by atoms with van der Waals surface area (Å²) in [6.07, 6.45) is 4.08. The van der Waals surface area contributed by atoms with E-state index in [1.807, 2.05) is 0 Å². The minimum absolute atomic E-state index is 0.00783. The number of benzene rings is 1. The van der Waals surface area contributed by atoms with E-state index in [0.717, 1.165) is 31.7 Å². The Morgan fingerprint density at radius 2 is 1.84 bits per heavy atom. The van der Waals surface area contributed by atoms with Gasteiger partial charge in [0.05, 0.1) is 10.6 Å². The maximum absolute atomic E-state index is 12.1. The van der Waals surface area contributed by atoms with Gasteiger partial charge in [-0.1, -0.05) is 24.4 Å². The van der Waals surface area contributed by atoms with E-state index in [9.17, 15) is 18.0 Å². The van der Waals surface area contributed by atoms with Gasteiger partial charge in [0.25, 0.3) is 5.91 Å². The molecule has 1 aromatic carbocycles. The topological polar surface area (TPSA) is 92.8 Å². The Bertz CT molecular complexity index is 743. The molecule has 1 heterocycles. The van der Waals surface area contributed by atoms with Crippen molar-refractivity contribution in [2.45, 2.75) is 30.6 Å². The summed E-state index contributed by atoms with van der Waals surface area (Å²) in [6.45, 7) is 0.972. The van der Waals surface area contributed by atoms with Gasteiger partial charge in [-0.2, -0.15) is 0 Å². The van der Waals surface area contributed by atoms with E-state index in [2.05, 4.69) is 4.72 Å². The molecule has 2 rings (SSSR count). The lowest BCUT2D eigenvalue weighted by molar-refractivity contribution is -0.134. The Balaban J connectivity index is 2.03. The molecule has 0 unspecified atom stereocenters. The van der Waals surface area contributed by atoms with Crippen molar-refractivity contribution in [1.29, 1.82) is 0 Å². The van der Waals surface area contributed by atoms with Crippen molar-refractivity contribution in [3.05, 3.63) is 28.8 Å². The maximum atomic E-state index is 12.1. The molecule has 138 valence electrons. The van der Waals surface area contributed by atoms with Crippen LogP contribution in [0.25, 0.3) is 0 Å². The minimum atomic E-state index is -3.80. The molecule has 1 N–H and O–H groups in total. The molecular formula is C16H21ClN2O5S. The molecule has 1 saturated heterocycles. The zero-order valence-electron chi connectivity index (χ0n) is 14.0. The molecule has 0 bridgehead atoms. The van der Waals surface area contributed by atoms with E-state index < -0.39 is 16.0 Å². The standard InChI is InChI=1S/C16H21ClN2O5S/c1-18-25(22,23)14-10-12(6-7-13(14)17)16(21)24-11-15(20)19-8-4-2-3-5-9-19/h6-7,10,18H,2-5,8-9,11H2,1H3. The van der Waals surface area contributed by atoms with Crippen LogP contribution in [0.2, 0.25) is 5.02 Å². The van der Waals surface area contributed by atoms with Crippen LogP contribution in [-0.2, 0) is 19.6 Å². The van der Waals surface area contributed by atoms with Crippen molar-refractivity contribution in [1.82, 2.24) is 9.62 Å². The number of halogens is 1. The number of ether oxygens (including phenoxy) is 1. The molecule has 0 atom stereocenters. The Hall–Kier alpha value is -1.64. The second-order valence-corrected chi connectivity index (χ2v) is 7.99.